The van der Waals surface area contributed by atoms with E-state index in [-0.39, 0.29) is 6.09 Å². The Labute approximate surface area is 174 Å². The minimum Gasteiger partial charge on any atom is -0.450 e. The molecule has 162 valence electrons. The van der Waals surface area contributed by atoms with Crippen LogP contribution in [0.3, 0.4) is 0 Å². The van der Waals surface area contributed by atoms with E-state index in [4.69, 9.17) is 4.74 Å². The first kappa shape index (κ1) is 19.7. The van der Waals surface area contributed by atoms with Gasteiger partial charge in [0.1, 0.15) is 0 Å². The molecular formula is C23H37N3O3. The second-order valence-electron chi connectivity index (χ2n) is 10.3. The molecule has 0 aromatic rings. The van der Waals surface area contributed by atoms with Crippen LogP contribution < -0.4 is 0 Å². The molecule has 0 bridgehead atoms. The first-order valence-electron chi connectivity index (χ1n) is 12.0. The van der Waals surface area contributed by atoms with E-state index in [1.54, 1.807) is 0 Å². The number of nitrogens with zero attached hydrogens (tertiary/aromatic N) is 3. The third-order valence-corrected chi connectivity index (χ3v) is 8.45. The van der Waals surface area contributed by atoms with E-state index in [0.717, 1.165) is 38.9 Å². The van der Waals surface area contributed by atoms with Gasteiger partial charge in [-0.1, -0.05) is 0 Å². The van der Waals surface area contributed by atoms with Crippen LogP contribution in [-0.4, -0.2) is 78.1 Å². The lowest BCUT2D eigenvalue weighted by atomic mass is 9.64. The molecule has 2 saturated carbocycles. The van der Waals surface area contributed by atoms with E-state index >= 15 is 0 Å². The van der Waals surface area contributed by atoms with Crippen molar-refractivity contribution in [2.75, 3.05) is 39.3 Å². The van der Waals surface area contributed by atoms with Crippen LogP contribution in [-0.2, 0) is 9.53 Å². The van der Waals surface area contributed by atoms with Gasteiger partial charge in [0.15, 0.2) is 0 Å². The van der Waals surface area contributed by atoms with Gasteiger partial charge in [0.2, 0.25) is 5.91 Å². The first-order valence-corrected chi connectivity index (χ1v) is 12.0. The lowest BCUT2D eigenvalue weighted by molar-refractivity contribution is -0.134. The lowest BCUT2D eigenvalue weighted by Crippen LogP contribution is -2.55. The normalized spacial score (nSPS) is 35.9. The maximum atomic E-state index is 12.6. The topological polar surface area (TPSA) is 53.1 Å². The van der Waals surface area contributed by atoms with Crippen molar-refractivity contribution in [3.05, 3.63) is 0 Å². The zero-order chi connectivity index (χ0) is 20.0. The molecule has 0 unspecified atom stereocenters. The number of amides is 2. The summed E-state index contributed by atoms with van der Waals surface area (Å²) in [7, 11) is 0. The molecular weight excluding hydrogens is 366 g/mol. The number of likely N-dealkylation sites (tertiary alicyclic amines) is 3. The van der Waals surface area contributed by atoms with E-state index in [1.165, 1.54) is 51.6 Å². The molecule has 5 rings (SSSR count). The lowest BCUT2D eigenvalue weighted by Gasteiger charge is -2.52. The minimum atomic E-state index is -0.129. The number of piperidine rings is 1. The Bertz CT molecular complexity index is 635. The van der Waals surface area contributed by atoms with Crippen molar-refractivity contribution in [1.29, 1.82) is 0 Å². The Hall–Kier alpha value is -1.30. The molecule has 1 atom stereocenters. The zero-order valence-electron chi connectivity index (χ0n) is 18.0. The van der Waals surface area contributed by atoms with Gasteiger partial charge in [-0.3, -0.25) is 4.79 Å². The number of hydrogen-bond donors (Lipinski definition) is 0. The Morgan fingerprint density at radius 2 is 1.76 bits per heavy atom. The molecule has 0 radical (unpaired) electrons. The van der Waals surface area contributed by atoms with Gasteiger partial charge in [0, 0.05) is 37.6 Å². The number of ether oxygens (including phenoxy) is 1. The quantitative estimate of drug-likeness (QED) is 0.724. The molecule has 0 aromatic carbocycles. The molecule has 3 heterocycles. The van der Waals surface area contributed by atoms with E-state index in [0.29, 0.717) is 41.8 Å². The third kappa shape index (κ3) is 3.77. The van der Waals surface area contributed by atoms with Crippen molar-refractivity contribution < 1.29 is 14.3 Å². The van der Waals surface area contributed by atoms with Crippen LogP contribution >= 0.6 is 0 Å². The Kier molecular flexibility index (Phi) is 5.25. The summed E-state index contributed by atoms with van der Waals surface area (Å²) in [4.78, 5) is 31.5. The van der Waals surface area contributed by atoms with Gasteiger partial charge in [-0.25, -0.2) is 4.79 Å². The molecule has 6 nitrogen and oxygen atoms in total. The maximum Gasteiger partial charge on any atom is 0.409 e. The second kappa shape index (κ2) is 7.75. The van der Waals surface area contributed by atoms with Crippen LogP contribution in [0.4, 0.5) is 4.79 Å². The standard InChI is InChI=1S/C23H37N3O3/c1-2-29-22(28)25-13-9-23(16-25)14-19(15-23)24-11-7-17(8-12-24)20-4-3-10-26(20)21(27)18-5-6-18/h17-20H,2-16H2,1H3/t19?,20-,23?/m0/s1. The predicted octanol–water partition coefficient (Wildman–Crippen LogP) is 3.11. The zero-order valence-corrected chi connectivity index (χ0v) is 18.0. The van der Waals surface area contributed by atoms with Crippen LogP contribution in [0.25, 0.3) is 0 Å². The average Bonchev–Trinajstić information content (AvgIpc) is 3.26. The number of hydrogen-bond acceptors (Lipinski definition) is 4. The van der Waals surface area contributed by atoms with Gasteiger partial charge in [-0.05, 0) is 89.1 Å². The van der Waals surface area contributed by atoms with Crippen LogP contribution in [0.1, 0.15) is 64.7 Å². The Balaban J connectivity index is 1.08. The highest BCUT2D eigenvalue weighted by Crippen LogP contribution is 2.51. The molecule has 1 spiro atoms. The summed E-state index contributed by atoms with van der Waals surface area (Å²) in [5, 5.41) is 0. The molecule has 2 amide bonds. The molecule has 3 aliphatic heterocycles. The van der Waals surface area contributed by atoms with Gasteiger partial charge in [-0.2, -0.15) is 0 Å². The van der Waals surface area contributed by atoms with Crippen LogP contribution in [0.5, 0.6) is 0 Å². The highest BCUT2D eigenvalue weighted by atomic mass is 16.6. The SMILES string of the molecule is CCOC(=O)N1CCC2(CC(N3CCC([C@@H]4CCCN4C(=O)C4CC4)CC3)C2)C1. The largest absolute Gasteiger partial charge is 0.450 e. The highest BCUT2D eigenvalue weighted by molar-refractivity contribution is 5.81. The molecule has 29 heavy (non-hydrogen) atoms. The van der Waals surface area contributed by atoms with Crippen molar-refractivity contribution in [3.8, 4) is 0 Å². The maximum absolute atomic E-state index is 12.6. The fraction of sp³-hybridized carbons (Fsp3) is 0.913. The smallest absolute Gasteiger partial charge is 0.409 e. The summed E-state index contributed by atoms with van der Waals surface area (Å²) >= 11 is 0. The first-order chi connectivity index (χ1) is 14.1. The number of rotatable bonds is 4. The molecule has 0 N–H and O–H groups in total. The number of carbonyl (C=O) groups excluding carboxylic acids is 2. The second-order valence-corrected chi connectivity index (χ2v) is 10.3. The van der Waals surface area contributed by atoms with Gasteiger partial charge in [-0.15, -0.1) is 0 Å². The van der Waals surface area contributed by atoms with Crippen molar-refractivity contribution in [3.63, 3.8) is 0 Å². The van der Waals surface area contributed by atoms with E-state index in [1.807, 2.05) is 11.8 Å². The average molecular weight is 404 g/mol. The Morgan fingerprint density at radius 3 is 2.45 bits per heavy atom. The summed E-state index contributed by atoms with van der Waals surface area (Å²) in [5.41, 5.74) is 0.354. The summed E-state index contributed by atoms with van der Waals surface area (Å²) in [6.07, 6.45) is 10.6. The molecule has 6 heteroatoms. The van der Waals surface area contributed by atoms with E-state index in [9.17, 15) is 9.59 Å². The Morgan fingerprint density at radius 1 is 1.00 bits per heavy atom. The molecule has 3 saturated heterocycles. The van der Waals surface area contributed by atoms with Crippen molar-refractivity contribution in [2.24, 2.45) is 17.3 Å². The molecule has 5 fully saturated rings. The molecule has 5 aliphatic rings. The molecule has 0 aromatic heterocycles. The monoisotopic (exact) mass is 403 g/mol. The summed E-state index contributed by atoms with van der Waals surface area (Å²) < 4.78 is 5.18. The fourth-order valence-electron chi connectivity index (χ4n) is 6.63. The van der Waals surface area contributed by atoms with Gasteiger partial charge >= 0.3 is 6.09 Å². The summed E-state index contributed by atoms with van der Waals surface area (Å²) in [6.45, 7) is 7.47. The third-order valence-electron chi connectivity index (χ3n) is 8.45. The minimum absolute atomic E-state index is 0.129. The van der Waals surface area contributed by atoms with Gasteiger partial charge in [0.25, 0.3) is 0 Å². The summed E-state index contributed by atoms with van der Waals surface area (Å²) in [5.74, 6) is 1.53. The summed E-state index contributed by atoms with van der Waals surface area (Å²) in [6, 6.07) is 1.22. The molecule has 2 aliphatic carbocycles. The van der Waals surface area contributed by atoms with Gasteiger partial charge < -0.3 is 19.4 Å². The van der Waals surface area contributed by atoms with E-state index < -0.39 is 0 Å². The van der Waals surface area contributed by atoms with Gasteiger partial charge in [0.05, 0.1) is 6.61 Å². The predicted molar refractivity (Wildman–Crippen MR) is 110 cm³/mol. The van der Waals surface area contributed by atoms with Crippen molar-refractivity contribution in [2.45, 2.75) is 76.8 Å². The number of carbonyl (C=O) groups is 2. The van der Waals surface area contributed by atoms with Crippen molar-refractivity contribution >= 4 is 12.0 Å². The highest BCUT2D eigenvalue weighted by Gasteiger charge is 2.52. The van der Waals surface area contributed by atoms with E-state index in [2.05, 4.69) is 9.80 Å². The van der Waals surface area contributed by atoms with Crippen molar-refractivity contribution in [1.82, 2.24) is 14.7 Å². The van der Waals surface area contributed by atoms with Crippen LogP contribution in [0.15, 0.2) is 0 Å². The fourth-order valence-corrected chi connectivity index (χ4v) is 6.63. The van der Waals surface area contributed by atoms with Crippen LogP contribution in [0.2, 0.25) is 0 Å². The van der Waals surface area contributed by atoms with Crippen LogP contribution in [0, 0.1) is 17.3 Å².